The van der Waals surface area contributed by atoms with Gasteiger partial charge in [-0.2, -0.15) is 0 Å². The van der Waals surface area contributed by atoms with Crippen molar-refractivity contribution in [2.45, 2.75) is 65.2 Å². The maximum atomic E-state index is 12.6. The van der Waals surface area contributed by atoms with E-state index < -0.39 is 17.7 Å². The van der Waals surface area contributed by atoms with Crippen molar-refractivity contribution < 1.29 is 19.1 Å². The molecule has 1 aliphatic rings. The lowest BCUT2D eigenvalue weighted by molar-refractivity contribution is -0.120. The summed E-state index contributed by atoms with van der Waals surface area (Å²) < 4.78 is 11.0. The van der Waals surface area contributed by atoms with Crippen LogP contribution in [0.3, 0.4) is 0 Å². The third kappa shape index (κ3) is 5.66. The predicted octanol–water partition coefficient (Wildman–Crippen LogP) is 3.81. The molecule has 1 aromatic carbocycles. The van der Waals surface area contributed by atoms with Crippen molar-refractivity contribution in [2.75, 3.05) is 11.9 Å². The third-order valence-electron chi connectivity index (χ3n) is 3.68. The van der Waals surface area contributed by atoms with Gasteiger partial charge in [-0.1, -0.05) is 0 Å². The fourth-order valence-corrected chi connectivity index (χ4v) is 2.69. The molecule has 1 heterocycles. The lowest BCUT2D eigenvalue weighted by Gasteiger charge is -2.28. The van der Waals surface area contributed by atoms with E-state index in [1.165, 1.54) is 4.90 Å². The average molecular weight is 348 g/mol. The fourth-order valence-electron chi connectivity index (χ4n) is 2.69. The molecule has 1 N–H and O–H groups in total. The van der Waals surface area contributed by atoms with E-state index in [1.54, 1.807) is 12.1 Å². The molecule has 6 nitrogen and oxygen atoms in total. The molecule has 6 heteroatoms. The van der Waals surface area contributed by atoms with Crippen molar-refractivity contribution in [3.63, 3.8) is 0 Å². The number of benzene rings is 1. The van der Waals surface area contributed by atoms with Crippen LogP contribution in [-0.2, 0) is 9.53 Å². The van der Waals surface area contributed by atoms with Crippen LogP contribution in [0.2, 0.25) is 0 Å². The second-order valence-corrected chi connectivity index (χ2v) is 7.51. The molecule has 1 fully saturated rings. The number of ether oxygens (including phenoxy) is 2. The Morgan fingerprint density at radius 1 is 1.20 bits per heavy atom. The molecule has 2 rings (SSSR count). The number of anilines is 1. The van der Waals surface area contributed by atoms with Crippen LogP contribution in [0, 0.1) is 0 Å². The van der Waals surface area contributed by atoms with Gasteiger partial charge in [0.2, 0.25) is 5.91 Å². The number of nitrogens with one attached hydrogen (secondary N) is 1. The summed E-state index contributed by atoms with van der Waals surface area (Å²) in [4.78, 5) is 26.4. The summed E-state index contributed by atoms with van der Waals surface area (Å²) in [7, 11) is 0. The highest BCUT2D eigenvalue weighted by atomic mass is 16.6. The number of carbonyl (C=O) groups excluding carboxylic acids is 2. The lowest BCUT2D eigenvalue weighted by Crippen LogP contribution is -2.45. The van der Waals surface area contributed by atoms with E-state index in [2.05, 4.69) is 5.32 Å². The van der Waals surface area contributed by atoms with Gasteiger partial charge in [0, 0.05) is 12.2 Å². The zero-order valence-corrected chi connectivity index (χ0v) is 15.7. The molecule has 0 radical (unpaired) electrons. The summed E-state index contributed by atoms with van der Waals surface area (Å²) >= 11 is 0. The quantitative estimate of drug-likeness (QED) is 0.898. The second-order valence-electron chi connectivity index (χ2n) is 7.51. The Labute approximate surface area is 149 Å². The molecule has 1 atom stereocenters. The second kappa shape index (κ2) is 7.76. The Morgan fingerprint density at radius 2 is 1.84 bits per heavy atom. The lowest BCUT2D eigenvalue weighted by atomic mass is 10.2. The largest absolute Gasteiger partial charge is 0.491 e. The van der Waals surface area contributed by atoms with Gasteiger partial charge in [0.05, 0.1) is 6.10 Å². The van der Waals surface area contributed by atoms with Crippen LogP contribution in [0.25, 0.3) is 0 Å². The standard InChI is InChI=1S/C19H28N2O4/c1-13(2)24-15-10-8-14(9-11-15)20-17(22)16-7-6-12-21(16)18(23)25-19(3,4)5/h8-11,13,16H,6-7,12H2,1-5H3,(H,20,22). The van der Waals surface area contributed by atoms with Crippen LogP contribution in [0.5, 0.6) is 5.75 Å². The molecule has 0 bridgehead atoms. The fraction of sp³-hybridized carbons (Fsp3) is 0.579. The number of carbonyl (C=O) groups is 2. The van der Waals surface area contributed by atoms with Crippen molar-refractivity contribution in [1.82, 2.24) is 4.90 Å². The van der Waals surface area contributed by atoms with E-state index in [0.29, 0.717) is 18.7 Å². The Balaban J connectivity index is 1.98. The maximum absolute atomic E-state index is 12.6. The van der Waals surface area contributed by atoms with E-state index >= 15 is 0 Å². The van der Waals surface area contributed by atoms with Crippen LogP contribution >= 0.6 is 0 Å². The number of amides is 2. The van der Waals surface area contributed by atoms with Gasteiger partial charge in [-0.05, 0) is 71.7 Å². The van der Waals surface area contributed by atoms with Gasteiger partial charge >= 0.3 is 6.09 Å². The van der Waals surface area contributed by atoms with E-state index in [4.69, 9.17) is 9.47 Å². The number of rotatable bonds is 4. The first kappa shape index (κ1) is 19.1. The molecule has 0 aliphatic carbocycles. The highest BCUT2D eigenvalue weighted by molar-refractivity contribution is 5.96. The Morgan fingerprint density at radius 3 is 2.40 bits per heavy atom. The molecule has 1 aliphatic heterocycles. The highest BCUT2D eigenvalue weighted by Crippen LogP contribution is 2.23. The van der Waals surface area contributed by atoms with Crippen LogP contribution in [0.4, 0.5) is 10.5 Å². The van der Waals surface area contributed by atoms with E-state index in [0.717, 1.165) is 12.2 Å². The Hall–Kier alpha value is -2.24. The predicted molar refractivity (Wildman–Crippen MR) is 96.8 cm³/mol. The maximum Gasteiger partial charge on any atom is 0.410 e. The Kier molecular flexibility index (Phi) is 5.93. The minimum Gasteiger partial charge on any atom is -0.491 e. The van der Waals surface area contributed by atoms with Crippen molar-refractivity contribution >= 4 is 17.7 Å². The summed E-state index contributed by atoms with van der Waals surface area (Å²) in [6, 6.07) is 6.72. The first-order valence-corrected chi connectivity index (χ1v) is 8.73. The van der Waals surface area contributed by atoms with Gasteiger partial charge in [-0.15, -0.1) is 0 Å². The molecule has 138 valence electrons. The monoisotopic (exact) mass is 348 g/mol. The molecule has 1 saturated heterocycles. The van der Waals surface area contributed by atoms with Crippen LogP contribution in [0.15, 0.2) is 24.3 Å². The van der Waals surface area contributed by atoms with Gasteiger partial charge < -0.3 is 14.8 Å². The summed E-state index contributed by atoms with van der Waals surface area (Å²) in [5.41, 5.74) is 0.101. The normalized spacial score (nSPS) is 17.5. The molecule has 1 aromatic rings. The molecule has 0 saturated carbocycles. The van der Waals surface area contributed by atoms with E-state index in [9.17, 15) is 9.59 Å². The number of nitrogens with zero attached hydrogens (tertiary/aromatic N) is 1. The topological polar surface area (TPSA) is 67.9 Å². The first-order valence-electron chi connectivity index (χ1n) is 8.73. The molecular formula is C19H28N2O4. The summed E-state index contributed by atoms with van der Waals surface area (Å²) in [6.45, 7) is 9.90. The van der Waals surface area contributed by atoms with Gasteiger partial charge in [0.25, 0.3) is 0 Å². The van der Waals surface area contributed by atoms with Crippen LogP contribution < -0.4 is 10.1 Å². The summed E-state index contributed by atoms with van der Waals surface area (Å²) in [5.74, 6) is 0.560. The SMILES string of the molecule is CC(C)Oc1ccc(NC(=O)C2CCCN2C(=O)OC(C)(C)C)cc1. The van der Waals surface area contributed by atoms with Gasteiger partial charge in [0.15, 0.2) is 0 Å². The van der Waals surface area contributed by atoms with Crippen molar-refractivity contribution in [3.05, 3.63) is 24.3 Å². The van der Waals surface area contributed by atoms with Crippen LogP contribution in [0.1, 0.15) is 47.5 Å². The zero-order valence-electron chi connectivity index (χ0n) is 15.7. The van der Waals surface area contributed by atoms with E-state index in [1.807, 2.05) is 46.8 Å². The minimum atomic E-state index is -0.576. The van der Waals surface area contributed by atoms with Crippen molar-refractivity contribution in [3.8, 4) is 5.75 Å². The van der Waals surface area contributed by atoms with Gasteiger partial charge in [-0.25, -0.2) is 4.79 Å². The summed E-state index contributed by atoms with van der Waals surface area (Å²) in [6.07, 6.45) is 1.09. The zero-order chi connectivity index (χ0) is 18.6. The number of hydrogen-bond donors (Lipinski definition) is 1. The molecule has 0 aromatic heterocycles. The highest BCUT2D eigenvalue weighted by Gasteiger charge is 2.36. The molecule has 2 amide bonds. The Bertz CT molecular complexity index is 605. The van der Waals surface area contributed by atoms with Crippen molar-refractivity contribution in [2.24, 2.45) is 0 Å². The summed E-state index contributed by atoms with van der Waals surface area (Å²) in [5, 5.41) is 2.87. The van der Waals surface area contributed by atoms with Gasteiger partial charge in [0.1, 0.15) is 17.4 Å². The molecule has 1 unspecified atom stereocenters. The van der Waals surface area contributed by atoms with Crippen molar-refractivity contribution in [1.29, 1.82) is 0 Å². The minimum absolute atomic E-state index is 0.0984. The molecule has 0 spiro atoms. The van der Waals surface area contributed by atoms with Crippen LogP contribution in [-0.4, -0.2) is 41.2 Å². The molecular weight excluding hydrogens is 320 g/mol. The molecule has 25 heavy (non-hydrogen) atoms. The smallest absolute Gasteiger partial charge is 0.410 e. The average Bonchev–Trinajstić information content (AvgIpc) is 2.96. The van der Waals surface area contributed by atoms with Gasteiger partial charge in [-0.3, -0.25) is 9.69 Å². The first-order chi connectivity index (χ1) is 11.7. The number of hydrogen-bond acceptors (Lipinski definition) is 4. The number of likely N-dealkylation sites (tertiary alicyclic amines) is 1. The van der Waals surface area contributed by atoms with E-state index in [-0.39, 0.29) is 12.0 Å². The third-order valence-corrected chi connectivity index (χ3v) is 3.68.